The lowest BCUT2D eigenvalue weighted by atomic mass is 9.47. The first kappa shape index (κ1) is 35.7. The third-order valence-corrected chi connectivity index (χ3v) is 13.4. The van der Waals surface area contributed by atoms with Crippen LogP contribution in [0.2, 0.25) is 10.0 Å². The zero-order valence-electron chi connectivity index (χ0n) is 27.4. The molecule has 0 N–H and O–H groups in total. The Morgan fingerprint density at radius 1 is 1.02 bits per heavy atom. The Labute approximate surface area is 294 Å². The van der Waals surface area contributed by atoms with Crippen LogP contribution >= 0.6 is 58.0 Å². The van der Waals surface area contributed by atoms with Crippen LogP contribution in [0.4, 0.5) is 4.79 Å². The Balaban J connectivity index is 1.25. The van der Waals surface area contributed by atoms with E-state index in [4.69, 9.17) is 72.2 Å². The summed E-state index contributed by atoms with van der Waals surface area (Å²) in [5.41, 5.74) is 1.86. The number of carbonyl (C=O) groups is 1. The van der Waals surface area contributed by atoms with Gasteiger partial charge in [0.2, 0.25) is 9.67 Å². The number of hydrogen-bond donors (Lipinski definition) is 0. The van der Waals surface area contributed by atoms with Crippen LogP contribution in [0.25, 0.3) is 0 Å². The molecule has 0 amide bonds. The maximum atomic E-state index is 13.0. The Hall–Kier alpha value is -0.590. The van der Waals surface area contributed by atoms with Gasteiger partial charge < -0.3 is 14.2 Å². The second kappa shape index (κ2) is 13.7. The van der Waals surface area contributed by atoms with Crippen molar-refractivity contribution < 1.29 is 19.0 Å². The van der Waals surface area contributed by atoms with E-state index in [1.807, 2.05) is 0 Å². The number of nitrogens with zero attached hydrogens (tertiary/aromatic N) is 1. The van der Waals surface area contributed by atoms with Gasteiger partial charge in [-0.2, -0.15) is 0 Å². The van der Waals surface area contributed by atoms with Crippen LogP contribution in [0.15, 0.2) is 11.6 Å². The van der Waals surface area contributed by atoms with Crippen LogP contribution in [-0.2, 0) is 8.53 Å². The van der Waals surface area contributed by atoms with Gasteiger partial charge in [-0.05, 0) is 91.3 Å². The first-order chi connectivity index (χ1) is 21.1. The molecule has 10 heteroatoms. The molecular weight excluding hydrogens is 676 g/mol. The number of ether oxygens (including phenoxy) is 3. The van der Waals surface area contributed by atoms with E-state index in [2.05, 4.69) is 45.7 Å². The van der Waals surface area contributed by atoms with Gasteiger partial charge in [0, 0.05) is 6.42 Å². The third-order valence-electron chi connectivity index (χ3n) is 12.2. The number of fused-ring (bicyclic) bond motifs is 5. The van der Waals surface area contributed by atoms with E-state index in [0.29, 0.717) is 17.8 Å². The van der Waals surface area contributed by atoms with Crippen LogP contribution < -0.4 is 9.47 Å². The minimum atomic E-state index is -1.99. The lowest BCUT2D eigenvalue weighted by Gasteiger charge is -2.58. The van der Waals surface area contributed by atoms with Crippen molar-refractivity contribution >= 4 is 64.2 Å². The summed E-state index contributed by atoms with van der Waals surface area (Å²) in [6, 6.07) is 0. The molecule has 1 aromatic rings. The molecule has 8 atom stereocenters. The van der Waals surface area contributed by atoms with Gasteiger partial charge in [0.1, 0.15) is 21.8 Å². The van der Waals surface area contributed by atoms with E-state index in [1.165, 1.54) is 57.6 Å². The van der Waals surface area contributed by atoms with Crippen LogP contribution in [-0.4, -0.2) is 24.4 Å². The standard InChI is InChI=1S/C35H48Cl5NO4/c1-19(2)8-7-9-20(3)24-12-13-25-23-11-10-21-18-22(14-16-33(21,4)26(23)15-17-34(24,25)5)44-32(42)45-29-27(36)30(35(38,39)40)41-31(43-6)28(29)37/h10,19-20,22-26H,7-9,11-18H2,1-6H3. The zero-order chi connectivity index (χ0) is 32.9. The molecule has 252 valence electrons. The molecule has 3 saturated carbocycles. The molecule has 0 aliphatic heterocycles. The smallest absolute Gasteiger partial charge is 0.480 e. The maximum absolute atomic E-state index is 13.0. The highest BCUT2D eigenvalue weighted by atomic mass is 35.6. The average Bonchev–Trinajstić information content (AvgIpc) is 3.32. The van der Waals surface area contributed by atoms with Crippen LogP contribution in [0.3, 0.4) is 0 Å². The second-order valence-corrected chi connectivity index (χ2v) is 18.1. The van der Waals surface area contributed by atoms with Crippen molar-refractivity contribution in [2.45, 2.75) is 115 Å². The molecule has 5 nitrogen and oxygen atoms in total. The van der Waals surface area contributed by atoms with Crippen molar-refractivity contribution in [3.05, 3.63) is 27.4 Å². The quantitative estimate of drug-likeness (QED) is 0.152. The van der Waals surface area contributed by atoms with Crippen LogP contribution in [0.5, 0.6) is 11.6 Å². The highest BCUT2D eigenvalue weighted by molar-refractivity contribution is 6.67. The van der Waals surface area contributed by atoms with E-state index in [1.54, 1.807) is 0 Å². The fourth-order valence-electron chi connectivity index (χ4n) is 9.91. The molecule has 4 aliphatic carbocycles. The predicted molar refractivity (Wildman–Crippen MR) is 184 cm³/mol. The number of alkyl halides is 3. The molecule has 3 fully saturated rings. The van der Waals surface area contributed by atoms with Gasteiger partial charge in [0.05, 0.1) is 7.11 Å². The molecule has 0 aromatic carbocycles. The van der Waals surface area contributed by atoms with Gasteiger partial charge >= 0.3 is 6.16 Å². The highest BCUT2D eigenvalue weighted by Crippen LogP contribution is 2.67. The van der Waals surface area contributed by atoms with Gasteiger partial charge in [-0.3, -0.25) is 0 Å². The summed E-state index contributed by atoms with van der Waals surface area (Å²) in [6.07, 6.45) is 14.3. The number of aromatic nitrogens is 1. The van der Waals surface area contributed by atoms with Gasteiger partial charge in [0.15, 0.2) is 5.75 Å². The normalized spacial score (nSPS) is 33.5. The fraction of sp³-hybridized carbons (Fsp3) is 0.771. The SMILES string of the molecule is COc1nc(C(Cl)(Cl)Cl)c(Cl)c(OC(=O)OC2CCC3(C)C(=CCC4C3CCC3(C)C(C(C)CCCC(C)C)CCC43)C2)c1Cl. The van der Waals surface area contributed by atoms with Crippen molar-refractivity contribution in [1.29, 1.82) is 0 Å². The molecule has 4 aliphatic rings. The van der Waals surface area contributed by atoms with Gasteiger partial charge in [-0.25, -0.2) is 9.78 Å². The number of pyridine rings is 1. The average molecular weight is 724 g/mol. The Morgan fingerprint density at radius 2 is 1.76 bits per heavy atom. The summed E-state index contributed by atoms with van der Waals surface area (Å²) in [6.45, 7) is 12.3. The topological polar surface area (TPSA) is 57.7 Å². The molecule has 0 spiro atoms. The van der Waals surface area contributed by atoms with Gasteiger partial charge in [0.25, 0.3) is 0 Å². The Morgan fingerprint density at radius 3 is 2.42 bits per heavy atom. The third kappa shape index (κ3) is 6.96. The number of methoxy groups -OCH3 is 1. The number of carbonyl (C=O) groups excluding carboxylic acids is 1. The van der Waals surface area contributed by atoms with Crippen LogP contribution in [0.1, 0.15) is 111 Å². The summed E-state index contributed by atoms with van der Waals surface area (Å²) >= 11 is 30.8. The summed E-state index contributed by atoms with van der Waals surface area (Å²) in [5, 5.41) is -0.309. The van der Waals surface area contributed by atoms with Crippen molar-refractivity contribution in [3.63, 3.8) is 0 Å². The molecular formula is C35H48Cl5NO4. The monoisotopic (exact) mass is 721 g/mol. The second-order valence-electron chi connectivity index (χ2n) is 15.0. The van der Waals surface area contributed by atoms with E-state index in [-0.39, 0.29) is 38.9 Å². The largest absolute Gasteiger partial charge is 0.514 e. The van der Waals surface area contributed by atoms with E-state index >= 15 is 0 Å². The lowest BCUT2D eigenvalue weighted by molar-refractivity contribution is -0.0597. The van der Waals surface area contributed by atoms with Crippen molar-refractivity contribution in [1.82, 2.24) is 4.98 Å². The molecule has 0 radical (unpaired) electrons. The summed E-state index contributed by atoms with van der Waals surface area (Å²) in [7, 11) is 1.35. The van der Waals surface area contributed by atoms with E-state index in [9.17, 15) is 4.79 Å². The maximum Gasteiger partial charge on any atom is 0.514 e. The zero-order valence-corrected chi connectivity index (χ0v) is 31.1. The Kier molecular flexibility index (Phi) is 10.9. The molecule has 0 bridgehead atoms. The minimum absolute atomic E-state index is 0.0849. The fourth-order valence-corrected chi connectivity index (χ4v) is 11.1. The lowest BCUT2D eigenvalue weighted by Crippen LogP contribution is -2.51. The highest BCUT2D eigenvalue weighted by Gasteiger charge is 2.59. The molecule has 1 aromatic heterocycles. The number of halogens is 5. The summed E-state index contributed by atoms with van der Waals surface area (Å²) in [5.74, 6) is 4.37. The molecule has 8 unspecified atom stereocenters. The van der Waals surface area contributed by atoms with Crippen LogP contribution in [0, 0.1) is 46.3 Å². The molecule has 5 rings (SSSR count). The van der Waals surface area contributed by atoms with Crippen molar-refractivity contribution in [3.8, 4) is 11.6 Å². The van der Waals surface area contributed by atoms with Gasteiger partial charge in [-0.1, -0.05) is 124 Å². The number of rotatable bonds is 8. The molecule has 1 heterocycles. The van der Waals surface area contributed by atoms with Crippen molar-refractivity contribution in [2.75, 3.05) is 7.11 Å². The summed E-state index contributed by atoms with van der Waals surface area (Å²) in [4.78, 5) is 17.1. The predicted octanol–water partition coefficient (Wildman–Crippen LogP) is 12.1. The molecule has 45 heavy (non-hydrogen) atoms. The van der Waals surface area contributed by atoms with E-state index < -0.39 is 9.95 Å². The Bertz CT molecular complexity index is 1300. The molecule has 0 saturated heterocycles. The number of hydrogen-bond acceptors (Lipinski definition) is 5. The first-order valence-electron chi connectivity index (χ1n) is 16.7. The summed E-state index contributed by atoms with van der Waals surface area (Å²) < 4.78 is 14.5. The van der Waals surface area contributed by atoms with Gasteiger partial charge in [-0.15, -0.1) is 0 Å². The number of allylic oxidation sites excluding steroid dienone is 1. The van der Waals surface area contributed by atoms with E-state index in [0.717, 1.165) is 48.9 Å². The minimum Gasteiger partial charge on any atom is -0.480 e. The first-order valence-corrected chi connectivity index (χ1v) is 18.6. The van der Waals surface area contributed by atoms with Crippen molar-refractivity contribution in [2.24, 2.45) is 46.3 Å².